The van der Waals surface area contributed by atoms with Crippen molar-refractivity contribution in [2.24, 2.45) is 11.8 Å². The van der Waals surface area contributed by atoms with E-state index in [1.54, 1.807) is 0 Å². The summed E-state index contributed by atoms with van der Waals surface area (Å²) in [4.78, 5) is 5.11. The lowest BCUT2D eigenvalue weighted by Crippen LogP contribution is -2.38. The Morgan fingerprint density at radius 3 is 1.54 bits per heavy atom. The van der Waals surface area contributed by atoms with Crippen LogP contribution in [0.4, 0.5) is 0 Å². The smallest absolute Gasteiger partial charge is 0.0345 e. The molecule has 2 nitrogen and oxygen atoms in total. The molecule has 0 bridgehead atoms. The monoisotopic (exact) mass is 368 g/mol. The Morgan fingerprint density at radius 2 is 1.23 bits per heavy atom. The van der Waals surface area contributed by atoms with Gasteiger partial charge in [0.2, 0.25) is 0 Å². The Hall–Kier alpha value is -0.500. The zero-order chi connectivity index (χ0) is 20.9. The van der Waals surface area contributed by atoms with E-state index < -0.39 is 0 Å². The highest BCUT2D eigenvalue weighted by molar-refractivity contribution is 5.00. The van der Waals surface area contributed by atoms with Crippen LogP contribution in [-0.2, 0) is 0 Å². The van der Waals surface area contributed by atoms with Gasteiger partial charge in [-0.3, -0.25) is 4.90 Å². The quantitative estimate of drug-likeness (QED) is 0.517. The van der Waals surface area contributed by atoms with Gasteiger partial charge in [0.1, 0.15) is 0 Å². The van der Waals surface area contributed by atoms with E-state index in [1.807, 2.05) is 27.7 Å². The molecule has 2 heteroatoms. The van der Waals surface area contributed by atoms with E-state index >= 15 is 0 Å². The van der Waals surface area contributed by atoms with Gasteiger partial charge in [0.15, 0.2) is 0 Å². The molecule has 2 unspecified atom stereocenters. The third-order valence-corrected chi connectivity index (χ3v) is 5.18. The van der Waals surface area contributed by atoms with E-state index in [2.05, 4.69) is 77.5 Å². The zero-order valence-electron chi connectivity index (χ0n) is 20.3. The summed E-state index contributed by atoms with van der Waals surface area (Å²) in [6, 6.07) is 3.00. The Bertz CT molecular complexity index is 309. The molecule has 0 radical (unpaired) electrons. The van der Waals surface area contributed by atoms with Gasteiger partial charge < -0.3 is 4.90 Å². The molecule has 2 rings (SSSR count). The molecule has 2 aliphatic rings. The predicted molar refractivity (Wildman–Crippen MR) is 122 cm³/mol. The first kappa shape index (κ1) is 27.7. The van der Waals surface area contributed by atoms with Gasteiger partial charge in [-0.25, -0.2) is 0 Å². The summed E-state index contributed by atoms with van der Waals surface area (Å²) in [7, 11) is 0. The van der Waals surface area contributed by atoms with Crippen LogP contribution in [0.15, 0.2) is 12.3 Å². The molecule has 0 N–H and O–H groups in total. The van der Waals surface area contributed by atoms with Gasteiger partial charge in [0.05, 0.1) is 0 Å². The SMILES string of the molecule is CC.CC.CC(C)C1CC=CN1C(C)C.CC(C)C1CCCN1C(C)C. The van der Waals surface area contributed by atoms with Crippen LogP contribution in [-0.4, -0.2) is 40.5 Å². The second-order valence-corrected chi connectivity index (χ2v) is 8.26. The second kappa shape index (κ2) is 15.5. The molecule has 2 atom stereocenters. The molecule has 0 amide bonds. The van der Waals surface area contributed by atoms with Crippen molar-refractivity contribution in [3.05, 3.63) is 12.3 Å². The largest absolute Gasteiger partial charge is 0.372 e. The Kier molecular flexibility index (Phi) is 16.6. The van der Waals surface area contributed by atoms with Crippen molar-refractivity contribution >= 4 is 0 Å². The number of nitrogens with zero attached hydrogens (tertiary/aromatic N) is 2. The molecule has 158 valence electrons. The molecule has 1 saturated heterocycles. The van der Waals surface area contributed by atoms with Crippen molar-refractivity contribution in [1.82, 2.24) is 9.80 Å². The Labute approximate surface area is 167 Å². The summed E-state index contributed by atoms with van der Waals surface area (Å²) in [6.07, 6.45) is 8.58. The van der Waals surface area contributed by atoms with Crippen molar-refractivity contribution < 1.29 is 0 Å². The van der Waals surface area contributed by atoms with Crippen molar-refractivity contribution in [3.63, 3.8) is 0 Å². The number of hydrogen-bond acceptors (Lipinski definition) is 2. The fraction of sp³-hybridized carbons (Fsp3) is 0.917. The van der Waals surface area contributed by atoms with Gasteiger partial charge in [-0.1, -0.05) is 61.5 Å². The van der Waals surface area contributed by atoms with Gasteiger partial charge in [-0.2, -0.15) is 0 Å². The Balaban J connectivity index is 0. The van der Waals surface area contributed by atoms with Gasteiger partial charge >= 0.3 is 0 Å². The van der Waals surface area contributed by atoms with Gasteiger partial charge in [0.25, 0.3) is 0 Å². The van der Waals surface area contributed by atoms with E-state index in [1.165, 1.54) is 25.8 Å². The van der Waals surface area contributed by atoms with Gasteiger partial charge in [0, 0.05) is 24.2 Å². The summed E-state index contributed by atoms with van der Waals surface area (Å²) in [5, 5.41) is 0. The van der Waals surface area contributed by atoms with Crippen LogP contribution >= 0.6 is 0 Å². The third-order valence-electron chi connectivity index (χ3n) is 5.18. The maximum absolute atomic E-state index is 2.64. The average Bonchev–Trinajstić information content (AvgIpc) is 3.28. The molecular formula is C24H52N2. The number of hydrogen-bond donors (Lipinski definition) is 0. The molecule has 0 saturated carbocycles. The van der Waals surface area contributed by atoms with Crippen LogP contribution in [0.25, 0.3) is 0 Å². The van der Waals surface area contributed by atoms with Crippen LogP contribution in [0.1, 0.15) is 102 Å². The lowest BCUT2D eigenvalue weighted by Gasteiger charge is -2.32. The van der Waals surface area contributed by atoms with Crippen LogP contribution in [0.3, 0.4) is 0 Å². The minimum Gasteiger partial charge on any atom is -0.372 e. The normalized spacial score (nSPS) is 22.2. The van der Waals surface area contributed by atoms with E-state index in [0.717, 1.165) is 30.0 Å². The van der Waals surface area contributed by atoms with Crippen LogP contribution in [0.2, 0.25) is 0 Å². The summed E-state index contributed by atoms with van der Waals surface area (Å²) in [6.45, 7) is 27.7. The van der Waals surface area contributed by atoms with Crippen molar-refractivity contribution in [1.29, 1.82) is 0 Å². The minimum absolute atomic E-state index is 0.654. The molecule has 0 aromatic carbocycles. The minimum atomic E-state index is 0.654. The molecule has 0 aromatic rings. The second-order valence-electron chi connectivity index (χ2n) is 8.26. The van der Waals surface area contributed by atoms with Crippen molar-refractivity contribution in [3.8, 4) is 0 Å². The van der Waals surface area contributed by atoms with E-state index in [0.29, 0.717) is 6.04 Å². The standard InChI is InChI=1S/C10H21N.C10H19N.2C2H6/c2*1-8(2)10-6-5-7-11(10)9(3)4;2*1-2/h8-10H,5-7H2,1-4H3;5,7-10H,6H2,1-4H3;2*1-2H3. The molecule has 0 aliphatic carbocycles. The maximum Gasteiger partial charge on any atom is 0.0345 e. The lowest BCUT2D eigenvalue weighted by molar-refractivity contribution is 0.166. The third kappa shape index (κ3) is 9.44. The summed E-state index contributed by atoms with van der Waals surface area (Å²) < 4.78 is 0. The van der Waals surface area contributed by atoms with Crippen molar-refractivity contribution in [2.45, 2.75) is 127 Å². The van der Waals surface area contributed by atoms with Crippen molar-refractivity contribution in [2.75, 3.05) is 6.54 Å². The predicted octanol–water partition coefficient (Wildman–Crippen LogP) is 7.21. The molecule has 2 heterocycles. The molecule has 0 spiro atoms. The van der Waals surface area contributed by atoms with Crippen LogP contribution in [0, 0.1) is 11.8 Å². The maximum atomic E-state index is 2.64. The lowest BCUT2D eigenvalue weighted by atomic mass is 10.0. The highest BCUT2D eigenvalue weighted by atomic mass is 15.2. The summed E-state index contributed by atoms with van der Waals surface area (Å²) >= 11 is 0. The van der Waals surface area contributed by atoms with E-state index in [-0.39, 0.29) is 0 Å². The first-order chi connectivity index (χ1) is 12.3. The van der Waals surface area contributed by atoms with E-state index in [4.69, 9.17) is 0 Å². The van der Waals surface area contributed by atoms with Crippen LogP contribution < -0.4 is 0 Å². The fourth-order valence-corrected chi connectivity index (χ4v) is 3.90. The number of rotatable bonds is 4. The van der Waals surface area contributed by atoms with Crippen LogP contribution in [0.5, 0.6) is 0 Å². The molecule has 0 aromatic heterocycles. The van der Waals surface area contributed by atoms with Gasteiger partial charge in [-0.05, 0) is 71.5 Å². The summed E-state index contributed by atoms with van der Waals surface area (Å²) in [5.74, 6) is 1.60. The van der Waals surface area contributed by atoms with E-state index in [9.17, 15) is 0 Å². The average molecular weight is 369 g/mol. The highest BCUT2D eigenvalue weighted by Crippen LogP contribution is 2.25. The molecule has 1 fully saturated rings. The topological polar surface area (TPSA) is 6.48 Å². The molecule has 26 heavy (non-hydrogen) atoms. The zero-order valence-corrected chi connectivity index (χ0v) is 20.3. The van der Waals surface area contributed by atoms with Gasteiger partial charge in [-0.15, -0.1) is 0 Å². The first-order valence-corrected chi connectivity index (χ1v) is 11.5. The number of likely N-dealkylation sites (tertiary alicyclic amines) is 1. The first-order valence-electron chi connectivity index (χ1n) is 11.5. The summed E-state index contributed by atoms with van der Waals surface area (Å²) in [5.41, 5.74) is 0. The Morgan fingerprint density at radius 1 is 0.731 bits per heavy atom. The molecular weight excluding hydrogens is 316 g/mol. The fourth-order valence-electron chi connectivity index (χ4n) is 3.90. The highest BCUT2D eigenvalue weighted by Gasteiger charge is 2.28. The molecule has 2 aliphatic heterocycles.